The van der Waals surface area contributed by atoms with Crippen molar-refractivity contribution in [3.05, 3.63) is 83.4 Å². The summed E-state index contributed by atoms with van der Waals surface area (Å²) in [7, 11) is 0. The molecule has 3 aromatic carbocycles. The highest BCUT2D eigenvalue weighted by Crippen LogP contribution is 2.26. The van der Waals surface area contributed by atoms with Crippen LogP contribution in [0.3, 0.4) is 0 Å². The van der Waals surface area contributed by atoms with Crippen LogP contribution in [0.15, 0.2) is 71.7 Å². The molecule has 128 valence electrons. The van der Waals surface area contributed by atoms with Gasteiger partial charge in [0.1, 0.15) is 12.7 Å². The molecule has 0 fully saturated rings. The molecule has 0 aliphatic rings. The highest BCUT2D eigenvalue weighted by molar-refractivity contribution is 5.99. The standard InChI is InChI=1S/C23H24FN/c1-23(2,3)20-13-11-18(12-14-20)22(15-24)25-16-19-9-6-8-17-7-4-5-10-21(17)19/h4-14,16,22H,15H2,1-3H3. The largest absolute Gasteiger partial charge is 0.282 e. The summed E-state index contributed by atoms with van der Waals surface area (Å²) in [6.45, 7) is 6.02. The zero-order valence-corrected chi connectivity index (χ0v) is 15.0. The first kappa shape index (κ1) is 17.3. The summed E-state index contributed by atoms with van der Waals surface area (Å²) in [5, 5.41) is 2.30. The lowest BCUT2D eigenvalue weighted by Gasteiger charge is -2.19. The van der Waals surface area contributed by atoms with Crippen molar-refractivity contribution in [2.45, 2.75) is 32.2 Å². The van der Waals surface area contributed by atoms with Crippen molar-refractivity contribution in [2.24, 2.45) is 4.99 Å². The van der Waals surface area contributed by atoms with E-state index in [-0.39, 0.29) is 5.41 Å². The van der Waals surface area contributed by atoms with Crippen LogP contribution >= 0.6 is 0 Å². The average molecular weight is 333 g/mol. The van der Waals surface area contributed by atoms with E-state index >= 15 is 0 Å². The van der Waals surface area contributed by atoms with Gasteiger partial charge in [0.05, 0.1) is 0 Å². The van der Waals surface area contributed by atoms with E-state index in [1.165, 1.54) is 5.56 Å². The van der Waals surface area contributed by atoms with Crippen LogP contribution in [0, 0.1) is 0 Å². The van der Waals surface area contributed by atoms with Crippen LogP contribution in [-0.2, 0) is 5.41 Å². The molecule has 0 saturated carbocycles. The van der Waals surface area contributed by atoms with Crippen molar-refractivity contribution in [1.29, 1.82) is 0 Å². The Morgan fingerprint density at radius 1 is 0.920 bits per heavy atom. The fraction of sp³-hybridized carbons (Fsp3) is 0.261. The average Bonchev–Trinajstić information content (AvgIpc) is 2.62. The zero-order valence-electron chi connectivity index (χ0n) is 15.0. The highest BCUT2D eigenvalue weighted by atomic mass is 19.1. The number of nitrogens with zero attached hydrogens (tertiary/aromatic N) is 1. The number of hydrogen-bond acceptors (Lipinski definition) is 1. The summed E-state index contributed by atoms with van der Waals surface area (Å²) in [6, 6.07) is 21.9. The normalized spacial score (nSPS) is 13.4. The molecule has 0 aromatic heterocycles. The van der Waals surface area contributed by atoms with Gasteiger partial charge in [-0.1, -0.05) is 87.5 Å². The molecule has 0 radical (unpaired) electrons. The first-order valence-electron chi connectivity index (χ1n) is 8.66. The second-order valence-corrected chi connectivity index (χ2v) is 7.39. The lowest BCUT2D eigenvalue weighted by atomic mass is 9.86. The third kappa shape index (κ3) is 3.96. The fourth-order valence-electron chi connectivity index (χ4n) is 2.95. The van der Waals surface area contributed by atoms with Crippen LogP contribution in [0.5, 0.6) is 0 Å². The summed E-state index contributed by atoms with van der Waals surface area (Å²) in [5.74, 6) is 0. The van der Waals surface area contributed by atoms with E-state index in [0.717, 1.165) is 21.9 Å². The lowest BCUT2D eigenvalue weighted by molar-refractivity contribution is 0.439. The van der Waals surface area contributed by atoms with Crippen molar-refractivity contribution in [2.75, 3.05) is 6.67 Å². The molecule has 1 nitrogen and oxygen atoms in total. The fourth-order valence-corrected chi connectivity index (χ4v) is 2.95. The predicted octanol–water partition coefficient (Wildman–Crippen LogP) is 6.27. The van der Waals surface area contributed by atoms with Gasteiger partial charge in [-0.3, -0.25) is 4.99 Å². The van der Waals surface area contributed by atoms with E-state index in [4.69, 9.17) is 0 Å². The Bertz CT molecular complexity index is 867. The third-order valence-electron chi connectivity index (χ3n) is 4.52. The van der Waals surface area contributed by atoms with Crippen LogP contribution in [0.4, 0.5) is 4.39 Å². The molecule has 0 bridgehead atoms. The third-order valence-corrected chi connectivity index (χ3v) is 4.52. The van der Waals surface area contributed by atoms with Gasteiger partial charge in [-0.05, 0) is 27.3 Å². The number of fused-ring (bicyclic) bond motifs is 1. The molecule has 0 heterocycles. The molecule has 0 aliphatic carbocycles. The Hall–Kier alpha value is -2.48. The van der Waals surface area contributed by atoms with E-state index in [1.807, 2.05) is 36.4 Å². The van der Waals surface area contributed by atoms with Crippen LogP contribution < -0.4 is 0 Å². The first-order chi connectivity index (χ1) is 12.0. The van der Waals surface area contributed by atoms with Gasteiger partial charge in [0.25, 0.3) is 0 Å². The Morgan fingerprint density at radius 2 is 1.60 bits per heavy atom. The topological polar surface area (TPSA) is 12.4 Å². The van der Waals surface area contributed by atoms with Gasteiger partial charge in [0.2, 0.25) is 0 Å². The van der Waals surface area contributed by atoms with Gasteiger partial charge < -0.3 is 0 Å². The Labute approximate surface area is 149 Å². The van der Waals surface area contributed by atoms with E-state index in [1.54, 1.807) is 6.21 Å². The molecular formula is C23H24FN. The maximum Gasteiger partial charge on any atom is 0.116 e. The molecular weight excluding hydrogens is 309 g/mol. The highest BCUT2D eigenvalue weighted by Gasteiger charge is 2.15. The summed E-state index contributed by atoms with van der Waals surface area (Å²) < 4.78 is 13.6. The monoisotopic (exact) mass is 333 g/mol. The summed E-state index contributed by atoms with van der Waals surface area (Å²) >= 11 is 0. The molecule has 1 atom stereocenters. The minimum absolute atomic E-state index is 0.0932. The molecule has 0 aliphatic heterocycles. The van der Waals surface area contributed by atoms with Gasteiger partial charge in [0, 0.05) is 11.8 Å². The quantitative estimate of drug-likeness (QED) is 0.499. The minimum Gasteiger partial charge on any atom is -0.282 e. The predicted molar refractivity (Wildman–Crippen MR) is 105 cm³/mol. The maximum atomic E-state index is 13.6. The number of rotatable bonds is 4. The smallest absolute Gasteiger partial charge is 0.116 e. The van der Waals surface area contributed by atoms with Gasteiger partial charge in [0.15, 0.2) is 0 Å². The van der Waals surface area contributed by atoms with Crippen molar-refractivity contribution >= 4 is 17.0 Å². The van der Waals surface area contributed by atoms with Crippen LogP contribution in [0.25, 0.3) is 10.8 Å². The first-order valence-corrected chi connectivity index (χ1v) is 8.66. The molecule has 3 aromatic rings. The van der Waals surface area contributed by atoms with Gasteiger partial charge in [-0.15, -0.1) is 0 Å². The number of aliphatic imine (C=N–C) groups is 1. The lowest BCUT2D eigenvalue weighted by Crippen LogP contribution is -2.11. The maximum absolute atomic E-state index is 13.6. The second-order valence-electron chi connectivity index (χ2n) is 7.39. The number of alkyl halides is 1. The Morgan fingerprint density at radius 3 is 2.28 bits per heavy atom. The van der Waals surface area contributed by atoms with Crippen LogP contribution in [-0.4, -0.2) is 12.9 Å². The van der Waals surface area contributed by atoms with Crippen LogP contribution in [0.1, 0.15) is 43.5 Å². The number of hydrogen-bond donors (Lipinski definition) is 0. The zero-order chi connectivity index (χ0) is 17.9. The molecule has 0 spiro atoms. The number of benzene rings is 3. The molecule has 0 N–H and O–H groups in total. The van der Waals surface area contributed by atoms with Gasteiger partial charge >= 0.3 is 0 Å². The summed E-state index contributed by atoms with van der Waals surface area (Å²) in [5.41, 5.74) is 3.26. The SMILES string of the molecule is CC(C)(C)c1ccc(C(CF)N=Cc2cccc3ccccc23)cc1. The van der Waals surface area contributed by atoms with Crippen molar-refractivity contribution in [3.8, 4) is 0 Å². The van der Waals surface area contributed by atoms with E-state index in [0.29, 0.717) is 0 Å². The summed E-state index contributed by atoms with van der Waals surface area (Å²) in [6.07, 6.45) is 1.80. The van der Waals surface area contributed by atoms with E-state index in [2.05, 4.69) is 56.1 Å². The molecule has 0 amide bonds. The molecule has 1 unspecified atom stereocenters. The minimum atomic E-state index is -0.504. The molecule has 2 heteroatoms. The summed E-state index contributed by atoms with van der Waals surface area (Å²) in [4.78, 5) is 4.52. The van der Waals surface area contributed by atoms with Crippen molar-refractivity contribution in [1.82, 2.24) is 0 Å². The molecule has 3 rings (SSSR count). The number of halogens is 1. The van der Waals surface area contributed by atoms with Crippen molar-refractivity contribution in [3.63, 3.8) is 0 Å². The Kier molecular flexibility index (Phi) is 4.98. The van der Waals surface area contributed by atoms with E-state index in [9.17, 15) is 4.39 Å². The molecule has 0 saturated heterocycles. The van der Waals surface area contributed by atoms with Gasteiger partial charge in [-0.25, -0.2) is 4.39 Å². The van der Waals surface area contributed by atoms with Gasteiger partial charge in [-0.2, -0.15) is 0 Å². The van der Waals surface area contributed by atoms with E-state index < -0.39 is 12.7 Å². The van der Waals surface area contributed by atoms with Crippen molar-refractivity contribution < 1.29 is 4.39 Å². The molecule has 25 heavy (non-hydrogen) atoms. The van der Waals surface area contributed by atoms with Crippen LogP contribution in [0.2, 0.25) is 0 Å². The Balaban J connectivity index is 1.87. The second kappa shape index (κ2) is 7.18.